The largest absolute Gasteiger partial charge is 0.484 e. The molecule has 2 aromatic rings. The zero-order valence-corrected chi connectivity index (χ0v) is 16.9. The van der Waals surface area contributed by atoms with Crippen LogP contribution in [-0.2, 0) is 16.1 Å². The van der Waals surface area contributed by atoms with Crippen molar-refractivity contribution in [3.63, 3.8) is 0 Å². The normalized spacial score (nSPS) is 16.5. The lowest BCUT2D eigenvalue weighted by atomic mass is 9.98. The number of benzene rings is 1. The third-order valence-electron chi connectivity index (χ3n) is 5.03. The molecule has 0 aliphatic carbocycles. The van der Waals surface area contributed by atoms with Crippen molar-refractivity contribution in [3.8, 4) is 5.75 Å². The van der Waals surface area contributed by atoms with Gasteiger partial charge in [0.15, 0.2) is 6.61 Å². The highest BCUT2D eigenvalue weighted by Crippen LogP contribution is 2.17. The first-order chi connectivity index (χ1) is 13.9. The zero-order chi connectivity index (χ0) is 20.8. The van der Waals surface area contributed by atoms with Crippen LogP contribution in [0.5, 0.6) is 5.75 Å². The first-order valence-electron chi connectivity index (χ1n) is 9.84. The molecule has 1 saturated heterocycles. The number of nitrogens with zero attached hydrogens (tertiary/aromatic N) is 3. The smallest absolute Gasteiger partial charge is 0.257 e. The van der Waals surface area contributed by atoms with Crippen molar-refractivity contribution in [2.24, 2.45) is 5.92 Å². The molecule has 8 heteroatoms. The minimum absolute atomic E-state index is 0.0480. The molecular weight excluding hydrogens is 375 g/mol. The Hall–Kier alpha value is -2.90. The Balaban J connectivity index is 1.42. The van der Waals surface area contributed by atoms with Gasteiger partial charge in [0.25, 0.3) is 5.91 Å². The molecule has 3 rings (SSSR count). The number of hydrogen-bond donors (Lipinski definition) is 1. The molecule has 2 heterocycles. The molecule has 1 atom stereocenters. The number of hydrogen-bond acceptors (Lipinski definition) is 4. The number of halogens is 1. The van der Waals surface area contributed by atoms with Crippen LogP contribution < -0.4 is 10.1 Å². The van der Waals surface area contributed by atoms with Gasteiger partial charge < -0.3 is 15.0 Å². The van der Waals surface area contributed by atoms with Crippen LogP contribution in [0.4, 0.5) is 4.39 Å². The van der Waals surface area contributed by atoms with E-state index in [4.69, 9.17) is 4.74 Å². The van der Waals surface area contributed by atoms with Crippen LogP contribution in [0.1, 0.15) is 24.2 Å². The molecule has 1 aliphatic heterocycles. The molecular formula is C21H27FN4O3. The monoisotopic (exact) mass is 402 g/mol. The highest BCUT2D eigenvalue weighted by molar-refractivity contribution is 5.77. The standard InChI is InChI=1S/C21H27FN4O3/c1-15-10-16(2)26(24-15)13-21(28)25-9-3-4-17(12-25)11-23-20(27)14-29-19-7-5-18(22)6-8-19/h5-8,10,17H,3-4,9,11-14H2,1-2H3,(H,23,27). The Labute approximate surface area is 169 Å². The van der Waals surface area contributed by atoms with E-state index in [1.165, 1.54) is 24.3 Å². The van der Waals surface area contributed by atoms with E-state index in [-0.39, 0.29) is 36.7 Å². The Morgan fingerprint density at radius 1 is 1.28 bits per heavy atom. The third-order valence-corrected chi connectivity index (χ3v) is 5.03. The summed E-state index contributed by atoms with van der Waals surface area (Å²) in [5.74, 6) is 0.117. The summed E-state index contributed by atoms with van der Waals surface area (Å²) in [5.41, 5.74) is 1.87. The van der Waals surface area contributed by atoms with Gasteiger partial charge in [-0.05, 0) is 62.9 Å². The molecule has 0 radical (unpaired) electrons. The minimum atomic E-state index is -0.351. The van der Waals surface area contributed by atoms with E-state index in [0.29, 0.717) is 18.8 Å². The van der Waals surface area contributed by atoms with E-state index >= 15 is 0 Å². The number of aromatic nitrogens is 2. The molecule has 1 aliphatic rings. The Bertz CT molecular complexity index is 850. The molecule has 1 fully saturated rings. The second kappa shape index (κ2) is 9.54. The molecule has 1 aromatic carbocycles. The van der Waals surface area contributed by atoms with Crippen LogP contribution in [0.3, 0.4) is 0 Å². The summed E-state index contributed by atoms with van der Waals surface area (Å²) >= 11 is 0. The molecule has 1 unspecified atom stereocenters. The summed E-state index contributed by atoms with van der Waals surface area (Å²) in [6.07, 6.45) is 1.87. The predicted octanol–water partition coefficient (Wildman–Crippen LogP) is 2.07. The summed E-state index contributed by atoms with van der Waals surface area (Å²) < 4.78 is 20.0. The van der Waals surface area contributed by atoms with Crippen molar-refractivity contribution in [1.82, 2.24) is 20.0 Å². The summed E-state index contributed by atoms with van der Waals surface area (Å²) in [6, 6.07) is 7.49. The molecule has 0 spiro atoms. The van der Waals surface area contributed by atoms with Gasteiger partial charge in [0.1, 0.15) is 18.1 Å². The maximum absolute atomic E-state index is 12.9. The Morgan fingerprint density at radius 3 is 2.72 bits per heavy atom. The molecule has 2 amide bonds. The van der Waals surface area contributed by atoms with Gasteiger partial charge in [-0.15, -0.1) is 0 Å². The molecule has 156 valence electrons. The number of rotatable bonds is 7. The fourth-order valence-corrected chi connectivity index (χ4v) is 3.51. The molecule has 0 saturated carbocycles. The van der Waals surface area contributed by atoms with Crippen LogP contribution in [0.15, 0.2) is 30.3 Å². The van der Waals surface area contributed by atoms with Gasteiger partial charge in [0.05, 0.1) is 5.69 Å². The quantitative estimate of drug-likeness (QED) is 0.769. The van der Waals surface area contributed by atoms with E-state index < -0.39 is 0 Å². The predicted molar refractivity (Wildman–Crippen MR) is 106 cm³/mol. The maximum atomic E-state index is 12.9. The summed E-state index contributed by atoms with van der Waals surface area (Å²) in [7, 11) is 0. The van der Waals surface area contributed by atoms with Crippen LogP contribution in [0.2, 0.25) is 0 Å². The number of nitrogens with one attached hydrogen (secondary N) is 1. The number of ether oxygens (including phenoxy) is 1. The van der Waals surface area contributed by atoms with Crippen LogP contribution in [0.25, 0.3) is 0 Å². The lowest BCUT2D eigenvalue weighted by molar-refractivity contribution is -0.133. The molecule has 1 N–H and O–H groups in total. The zero-order valence-electron chi connectivity index (χ0n) is 16.9. The molecule has 29 heavy (non-hydrogen) atoms. The maximum Gasteiger partial charge on any atom is 0.257 e. The van der Waals surface area contributed by atoms with Gasteiger partial charge >= 0.3 is 0 Å². The van der Waals surface area contributed by atoms with Crippen molar-refractivity contribution in [3.05, 3.63) is 47.5 Å². The van der Waals surface area contributed by atoms with E-state index in [9.17, 15) is 14.0 Å². The Morgan fingerprint density at radius 2 is 2.03 bits per heavy atom. The SMILES string of the molecule is Cc1cc(C)n(CC(=O)N2CCCC(CNC(=O)COc3ccc(F)cc3)C2)n1. The molecule has 1 aromatic heterocycles. The summed E-state index contributed by atoms with van der Waals surface area (Å²) in [4.78, 5) is 26.5. The topological polar surface area (TPSA) is 76.5 Å². The van der Waals surface area contributed by atoms with Gasteiger partial charge in [0.2, 0.25) is 5.91 Å². The van der Waals surface area contributed by atoms with Gasteiger partial charge in [-0.3, -0.25) is 14.3 Å². The fraction of sp³-hybridized carbons (Fsp3) is 0.476. The van der Waals surface area contributed by atoms with E-state index in [2.05, 4.69) is 10.4 Å². The summed E-state index contributed by atoms with van der Waals surface area (Å²) in [6.45, 7) is 5.81. The van der Waals surface area contributed by atoms with Crippen molar-refractivity contribution in [1.29, 1.82) is 0 Å². The number of amides is 2. The average molecular weight is 402 g/mol. The van der Waals surface area contributed by atoms with Crippen molar-refractivity contribution in [2.45, 2.75) is 33.2 Å². The fourth-order valence-electron chi connectivity index (χ4n) is 3.51. The lowest BCUT2D eigenvalue weighted by Gasteiger charge is -2.33. The van der Waals surface area contributed by atoms with Gasteiger partial charge in [-0.1, -0.05) is 0 Å². The minimum Gasteiger partial charge on any atom is -0.484 e. The molecule has 0 bridgehead atoms. The van der Waals surface area contributed by atoms with E-state index in [1.807, 2.05) is 24.8 Å². The van der Waals surface area contributed by atoms with E-state index in [0.717, 1.165) is 30.8 Å². The van der Waals surface area contributed by atoms with Crippen LogP contribution in [0, 0.1) is 25.6 Å². The lowest BCUT2D eigenvalue weighted by Crippen LogP contribution is -2.45. The number of aryl methyl sites for hydroxylation is 2. The number of piperidine rings is 1. The van der Waals surface area contributed by atoms with Crippen LogP contribution >= 0.6 is 0 Å². The first-order valence-corrected chi connectivity index (χ1v) is 9.84. The number of carbonyl (C=O) groups excluding carboxylic acids is 2. The van der Waals surface area contributed by atoms with Crippen LogP contribution in [-0.4, -0.2) is 52.7 Å². The van der Waals surface area contributed by atoms with Gasteiger partial charge in [0, 0.05) is 25.3 Å². The highest BCUT2D eigenvalue weighted by atomic mass is 19.1. The van der Waals surface area contributed by atoms with Crippen molar-refractivity contribution in [2.75, 3.05) is 26.2 Å². The second-order valence-corrected chi connectivity index (χ2v) is 7.48. The third kappa shape index (κ3) is 6.04. The average Bonchev–Trinajstić information content (AvgIpc) is 3.02. The number of likely N-dealkylation sites (tertiary alicyclic amines) is 1. The first kappa shape index (κ1) is 20.8. The van der Waals surface area contributed by atoms with Crippen molar-refractivity contribution < 1.29 is 18.7 Å². The molecule has 7 nitrogen and oxygen atoms in total. The summed E-state index contributed by atoms with van der Waals surface area (Å²) in [5, 5.41) is 7.21. The van der Waals surface area contributed by atoms with Gasteiger partial charge in [-0.25, -0.2) is 4.39 Å². The van der Waals surface area contributed by atoms with Gasteiger partial charge in [-0.2, -0.15) is 5.10 Å². The number of carbonyl (C=O) groups is 2. The Kier molecular flexibility index (Phi) is 6.85. The van der Waals surface area contributed by atoms with Crippen molar-refractivity contribution >= 4 is 11.8 Å². The second-order valence-electron chi connectivity index (χ2n) is 7.48. The van der Waals surface area contributed by atoms with E-state index in [1.54, 1.807) is 4.68 Å². The highest BCUT2D eigenvalue weighted by Gasteiger charge is 2.24.